The first-order valence-electron chi connectivity index (χ1n) is 5.67. The van der Waals surface area contributed by atoms with Gasteiger partial charge in [0.2, 0.25) is 0 Å². The summed E-state index contributed by atoms with van der Waals surface area (Å²) in [7, 11) is 3.92. The van der Waals surface area contributed by atoms with Gasteiger partial charge in [0, 0.05) is 32.2 Å². The van der Waals surface area contributed by atoms with Crippen LogP contribution in [0.2, 0.25) is 0 Å². The van der Waals surface area contributed by atoms with Crippen LogP contribution in [0, 0.1) is 6.92 Å². The van der Waals surface area contributed by atoms with Gasteiger partial charge in [-0.05, 0) is 30.5 Å². The van der Waals surface area contributed by atoms with Gasteiger partial charge in [0.15, 0.2) is 0 Å². The van der Waals surface area contributed by atoms with Crippen molar-refractivity contribution in [2.45, 2.75) is 25.8 Å². The van der Waals surface area contributed by atoms with Crippen LogP contribution in [0.25, 0.3) is 0 Å². The Labute approximate surface area is 102 Å². The summed E-state index contributed by atoms with van der Waals surface area (Å²) in [4.78, 5) is 12.5. The predicted octanol–water partition coefficient (Wildman–Crippen LogP) is 1.93. The molecule has 0 spiro atoms. The third-order valence-corrected chi connectivity index (χ3v) is 2.74. The normalized spacial score (nSPS) is 12.2. The van der Waals surface area contributed by atoms with Crippen LogP contribution in [-0.2, 0) is 4.79 Å². The van der Waals surface area contributed by atoms with Crippen molar-refractivity contribution in [2.75, 3.05) is 19.0 Å². The highest BCUT2D eigenvalue weighted by atomic mass is 16.4. The first kappa shape index (κ1) is 13.5. The molecule has 0 radical (unpaired) electrons. The van der Waals surface area contributed by atoms with Gasteiger partial charge in [0.25, 0.3) is 0 Å². The summed E-state index contributed by atoms with van der Waals surface area (Å²) in [5.41, 5.74) is 9.27. The van der Waals surface area contributed by atoms with Crippen molar-refractivity contribution in [3.05, 3.63) is 29.3 Å². The fraction of sp³-hybridized carbons (Fsp3) is 0.462. The van der Waals surface area contributed by atoms with Gasteiger partial charge in [-0.2, -0.15) is 0 Å². The molecular formula is C13H20N2O2. The lowest BCUT2D eigenvalue weighted by Gasteiger charge is -2.22. The predicted molar refractivity (Wildman–Crippen MR) is 69.3 cm³/mol. The van der Waals surface area contributed by atoms with Crippen molar-refractivity contribution >= 4 is 11.7 Å². The minimum Gasteiger partial charge on any atom is -0.481 e. The van der Waals surface area contributed by atoms with Crippen molar-refractivity contribution in [3.63, 3.8) is 0 Å². The Balaban J connectivity index is 2.92. The molecule has 0 saturated heterocycles. The number of carboxylic acid groups (broad SMARTS) is 1. The Hall–Kier alpha value is -1.55. The van der Waals surface area contributed by atoms with E-state index in [-0.39, 0.29) is 12.5 Å². The minimum atomic E-state index is -0.807. The third-order valence-electron chi connectivity index (χ3n) is 2.74. The molecule has 1 atom stereocenters. The van der Waals surface area contributed by atoms with Crippen LogP contribution in [0.3, 0.4) is 0 Å². The zero-order valence-electron chi connectivity index (χ0n) is 10.6. The molecule has 1 aromatic rings. The van der Waals surface area contributed by atoms with E-state index in [1.807, 2.05) is 38.1 Å². The highest BCUT2D eigenvalue weighted by Gasteiger charge is 2.13. The van der Waals surface area contributed by atoms with E-state index in [9.17, 15) is 4.79 Å². The highest BCUT2D eigenvalue weighted by Crippen LogP contribution is 2.27. The van der Waals surface area contributed by atoms with Crippen LogP contribution in [-0.4, -0.2) is 25.2 Å². The number of benzene rings is 1. The summed E-state index contributed by atoms with van der Waals surface area (Å²) in [5.74, 6) is -0.807. The van der Waals surface area contributed by atoms with Gasteiger partial charge >= 0.3 is 5.97 Å². The Morgan fingerprint density at radius 3 is 2.65 bits per heavy atom. The minimum absolute atomic E-state index is 0.0991. The van der Waals surface area contributed by atoms with Crippen molar-refractivity contribution in [2.24, 2.45) is 5.73 Å². The number of nitrogens with zero attached hydrogens (tertiary/aromatic N) is 1. The Morgan fingerprint density at radius 1 is 1.47 bits per heavy atom. The molecule has 3 N–H and O–H groups in total. The van der Waals surface area contributed by atoms with Crippen LogP contribution in [0.5, 0.6) is 0 Å². The monoisotopic (exact) mass is 236 g/mol. The molecule has 1 aromatic carbocycles. The number of hydrogen-bond acceptors (Lipinski definition) is 3. The summed E-state index contributed by atoms with van der Waals surface area (Å²) < 4.78 is 0. The molecule has 0 bridgehead atoms. The van der Waals surface area contributed by atoms with E-state index >= 15 is 0 Å². The number of rotatable bonds is 5. The Morgan fingerprint density at radius 2 is 2.12 bits per heavy atom. The van der Waals surface area contributed by atoms with Gasteiger partial charge < -0.3 is 15.7 Å². The zero-order valence-corrected chi connectivity index (χ0v) is 10.6. The first-order chi connectivity index (χ1) is 7.91. The second kappa shape index (κ2) is 5.68. The van der Waals surface area contributed by atoms with Gasteiger partial charge in [-0.1, -0.05) is 12.1 Å². The summed E-state index contributed by atoms with van der Waals surface area (Å²) in [5, 5.41) is 8.67. The van der Waals surface area contributed by atoms with E-state index < -0.39 is 5.97 Å². The molecule has 1 unspecified atom stereocenters. The molecule has 0 aromatic heterocycles. The molecule has 0 heterocycles. The number of aryl methyl sites for hydroxylation is 1. The molecule has 94 valence electrons. The fourth-order valence-corrected chi connectivity index (χ4v) is 1.79. The molecular weight excluding hydrogens is 216 g/mol. The van der Waals surface area contributed by atoms with Crippen molar-refractivity contribution in [1.82, 2.24) is 0 Å². The number of carbonyl (C=O) groups is 1. The lowest BCUT2D eigenvalue weighted by molar-refractivity contribution is -0.137. The first-order valence-corrected chi connectivity index (χ1v) is 5.67. The average Bonchev–Trinajstić information content (AvgIpc) is 2.25. The Kier molecular flexibility index (Phi) is 4.52. The lowest BCUT2D eigenvalue weighted by Crippen LogP contribution is -2.18. The smallest absolute Gasteiger partial charge is 0.303 e. The van der Waals surface area contributed by atoms with E-state index in [4.69, 9.17) is 10.8 Å². The van der Waals surface area contributed by atoms with Crippen molar-refractivity contribution in [1.29, 1.82) is 0 Å². The average molecular weight is 236 g/mol. The molecule has 0 aliphatic rings. The number of aliphatic carboxylic acids is 1. The summed E-state index contributed by atoms with van der Waals surface area (Å²) in [6, 6.07) is 5.82. The van der Waals surface area contributed by atoms with Crippen LogP contribution < -0.4 is 10.6 Å². The van der Waals surface area contributed by atoms with E-state index in [1.54, 1.807) is 0 Å². The van der Waals surface area contributed by atoms with Crippen molar-refractivity contribution in [3.8, 4) is 0 Å². The molecule has 17 heavy (non-hydrogen) atoms. The van der Waals surface area contributed by atoms with Gasteiger partial charge in [-0.25, -0.2) is 0 Å². The highest BCUT2D eigenvalue weighted by molar-refractivity contribution is 5.67. The van der Waals surface area contributed by atoms with E-state index in [1.165, 1.54) is 5.56 Å². The van der Waals surface area contributed by atoms with Gasteiger partial charge in [0.1, 0.15) is 0 Å². The lowest BCUT2D eigenvalue weighted by atomic mass is 9.99. The molecule has 4 nitrogen and oxygen atoms in total. The largest absolute Gasteiger partial charge is 0.481 e. The summed E-state index contributed by atoms with van der Waals surface area (Å²) >= 11 is 0. The molecule has 0 aliphatic carbocycles. The van der Waals surface area contributed by atoms with Gasteiger partial charge in [-0.3, -0.25) is 4.79 Å². The maximum Gasteiger partial charge on any atom is 0.303 e. The van der Waals surface area contributed by atoms with Crippen molar-refractivity contribution < 1.29 is 9.90 Å². The maximum atomic E-state index is 10.5. The second-order valence-corrected chi connectivity index (χ2v) is 4.50. The topological polar surface area (TPSA) is 66.6 Å². The van der Waals surface area contributed by atoms with Crippen LogP contribution in [0.4, 0.5) is 5.69 Å². The molecule has 1 rings (SSSR count). The maximum absolute atomic E-state index is 10.5. The SMILES string of the molecule is Cc1ccc(C(N)CCC(=O)O)c(N(C)C)c1. The zero-order chi connectivity index (χ0) is 13.0. The second-order valence-electron chi connectivity index (χ2n) is 4.50. The van der Waals surface area contributed by atoms with E-state index in [0.717, 1.165) is 11.3 Å². The number of hydrogen-bond donors (Lipinski definition) is 2. The fourth-order valence-electron chi connectivity index (χ4n) is 1.79. The number of anilines is 1. The summed E-state index contributed by atoms with van der Waals surface area (Å²) in [6.45, 7) is 2.03. The van der Waals surface area contributed by atoms with E-state index in [2.05, 4.69) is 6.07 Å². The van der Waals surface area contributed by atoms with Gasteiger partial charge in [-0.15, -0.1) is 0 Å². The molecule has 0 fully saturated rings. The number of carboxylic acids is 1. The summed E-state index contributed by atoms with van der Waals surface area (Å²) in [6.07, 6.45) is 0.557. The molecule has 0 amide bonds. The third kappa shape index (κ3) is 3.75. The van der Waals surface area contributed by atoms with Crippen LogP contribution in [0.15, 0.2) is 18.2 Å². The Bertz CT molecular complexity index is 402. The molecule has 4 heteroatoms. The van der Waals surface area contributed by atoms with Crippen LogP contribution >= 0.6 is 0 Å². The van der Waals surface area contributed by atoms with Crippen LogP contribution in [0.1, 0.15) is 30.0 Å². The molecule has 0 aliphatic heterocycles. The quantitative estimate of drug-likeness (QED) is 0.819. The molecule has 0 saturated carbocycles. The number of nitrogens with two attached hydrogens (primary N) is 1. The van der Waals surface area contributed by atoms with E-state index in [0.29, 0.717) is 6.42 Å². The standard InChI is InChI=1S/C13H20N2O2/c1-9-4-5-10(12(8-9)15(2)3)11(14)6-7-13(16)17/h4-5,8,11H,6-7,14H2,1-3H3,(H,16,17). The van der Waals surface area contributed by atoms with Gasteiger partial charge in [0.05, 0.1) is 0 Å².